The third-order valence-electron chi connectivity index (χ3n) is 3.05. The lowest BCUT2D eigenvalue weighted by Crippen LogP contribution is -2.12. The Bertz CT molecular complexity index is 723. The van der Waals surface area contributed by atoms with Crippen LogP contribution in [0.4, 0.5) is 0 Å². The van der Waals surface area contributed by atoms with E-state index in [1.807, 2.05) is 60.6 Å². The van der Waals surface area contributed by atoms with Crippen molar-refractivity contribution >= 4 is 16.6 Å². The fraction of sp³-hybridized carbons (Fsp3) is 0.0667. The third-order valence-corrected chi connectivity index (χ3v) is 3.05. The molecule has 2 heterocycles. The van der Waals surface area contributed by atoms with Crippen LogP contribution in [0.1, 0.15) is 5.82 Å². The van der Waals surface area contributed by atoms with Crippen LogP contribution in [-0.2, 0) is 0 Å². The smallest absolute Gasteiger partial charge is 0.151 e. The molecule has 0 atom stereocenters. The second-order valence-electron chi connectivity index (χ2n) is 4.29. The summed E-state index contributed by atoms with van der Waals surface area (Å²) in [5.41, 5.74) is 3.18. The number of hydrogen-bond acceptors (Lipinski definition) is 3. The molecule has 0 fully saturated rings. The van der Waals surface area contributed by atoms with E-state index < -0.39 is 0 Å². The minimum Gasteiger partial charge on any atom is -0.350 e. The van der Waals surface area contributed by atoms with Crippen LogP contribution in [-0.4, -0.2) is 21.9 Å². The van der Waals surface area contributed by atoms with Crippen LogP contribution in [0.2, 0.25) is 0 Å². The van der Waals surface area contributed by atoms with E-state index in [0.29, 0.717) is 11.4 Å². The van der Waals surface area contributed by atoms with Gasteiger partial charge in [0.1, 0.15) is 11.6 Å². The molecule has 92 valence electrons. The molecule has 1 aliphatic rings. The maximum Gasteiger partial charge on any atom is 0.151 e. The van der Waals surface area contributed by atoms with Gasteiger partial charge in [-0.2, -0.15) is 5.26 Å². The molecule has 2 aromatic rings. The first kappa shape index (κ1) is 11.3. The first-order valence-corrected chi connectivity index (χ1v) is 5.97. The molecule has 1 aliphatic heterocycles. The lowest BCUT2D eigenvalue weighted by molar-refractivity contribution is 0.586. The van der Waals surface area contributed by atoms with Crippen molar-refractivity contribution in [3.05, 3.63) is 60.2 Å². The quantitative estimate of drug-likeness (QED) is 0.789. The Morgan fingerprint density at radius 2 is 2.16 bits per heavy atom. The van der Waals surface area contributed by atoms with Crippen molar-refractivity contribution in [1.82, 2.24) is 14.9 Å². The molecular weight excluding hydrogens is 236 g/mol. The highest BCUT2D eigenvalue weighted by atomic mass is 15.1. The highest BCUT2D eigenvalue weighted by molar-refractivity contribution is 5.84. The van der Waals surface area contributed by atoms with Gasteiger partial charge < -0.3 is 9.88 Å². The van der Waals surface area contributed by atoms with Crippen LogP contribution in [0.3, 0.4) is 0 Å². The molecule has 0 radical (unpaired) electrons. The summed E-state index contributed by atoms with van der Waals surface area (Å²) < 4.78 is 0. The third kappa shape index (κ3) is 1.91. The number of benzene rings is 1. The number of likely N-dealkylation sites (N-methyl/N-ethyl adjacent to an activating group) is 1. The molecule has 1 aromatic heterocycles. The monoisotopic (exact) mass is 248 g/mol. The fourth-order valence-electron chi connectivity index (χ4n) is 2.09. The van der Waals surface area contributed by atoms with Crippen molar-refractivity contribution in [3.63, 3.8) is 0 Å². The van der Waals surface area contributed by atoms with Crippen LogP contribution in [0.15, 0.2) is 54.4 Å². The van der Waals surface area contributed by atoms with Gasteiger partial charge in [-0.05, 0) is 24.3 Å². The zero-order chi connectivity index (χ0) is 13.2. The Kier molecular flexibility index (Phi) is 2.66. The number of hydrogen-bond donors (Lipinski definition) is 1. The fourth-order valence-corrected chi connectivity index (χ4v) is 2.09. The molecule has 3 rings (SSSR count). The number of rotatable bonds is 1. The van der Waals surface area contributed by atoms with Crippen molar-refractivity contribution in [2.45, 2.75) is 0 Å². The van der Waals surface area contributed by atoms with Crippen molar-refractivity contribution < 1.29 is 0 Å². The molecular formula is C15H12N4. The Labute approximate surface area is 111 Å². The predicted octanol–water partition coefficient (Wildman–Crippen LogP) is 2.81. The maximum absolute atomic E-state index is 9.42. The van der Waals surface area contributed by atoms with Gasteiger partial charge in [-0.1, -0.05) is 18.2 Å². The molecule has 0 saturated heterocycles. The second-order valence-corrected chi connectivity index (χ2v) is 4.29. The van der Waals surface area contributed by atoms with Crippen LogP contribution < -0.4 is 0 Å². The van der Waals surface area contributed by atoms with Gasteiger partial charge in [-0.25, -0.2) is 4.98 Å². The summed E-state index contributed by atoms with van der Waals surface area (Å²) in [5, 5.41) is 9.42. The number of imidazole rings is 1. The Morgan fingerprint density at radius 1 is 1.32 bits per heavy atom. The highest BCUT2D eigenvalue weighted by Crippen LogP contribution is 2.23. The van der Waals surface area contributed by atoms with Gasteiger partial charge in [0.15, 0.2) is 5.82 Å². The Balaban J connectivity index is 2.18. The van der Waals surface area contributed by atoms with Gasteiger partial charge in [0.2, 0.25) is 0 Å². The summed E-state index contributed by atoms with van der Waals surface area (Å²) in [6.07, 6.45) is 7.66. The zero-order valence-corrected chi connectivity index (χ0v) is 10.5. The first-order valence-electron chi connectivity index (χ1n) is 5.97. The van der Waals surface area contributed by atoms with Crippen molar-refractivity contribution in [2.24, 2.45) is 0 Å². The van der Waals surface area contributed by atoms with Crippen molar-refractivity contribution in [3.8, 4) is 6.07 Å². The number of aromatic nitrogens is 2. The predicted molar refractivity (Wildman–Crippen MR) is 74.7 cm³/mol. The summed E-state index contributed by atoms with van der Waals surface area (Å²) in [6, 6.07) is 9.99. The molecule has 0 spiro atoms. The lowest BCUT2D eigenvalue weighted by Gasteiger charge is -2.18. The molecule has 4 nitrogen and oxygen atoms in total. The van der Waals surface area contributed by atoms with Gasteiger partial charge in [0.05, 0.1) is 16.7 Å². The topological polar surface area (TPSA) is 55.7 Å². The summed E-state index contributed by atoms with van der Waals surface area (Å²) in [4.78, 5) is 9.57. The molecule has 0 unspecified atom stereocenters. The molecule has 0 aliphatic carbocycles. The minimum atomic E-state index is 0.541. The van der Waals surface area contributed by atoms with Crippen LogP contribution in [0, 0.1) is 11.3 Å². The second kappa shape index (κ2) is 4.46. The number of fused-ring (bicyclic) bond motifs is 1. The molecule has 19 heavy (non-hydrogen) atoms. The number of H-pyrrole nitrogens is 1. The summed E-state index contributed by atoms with van der Waals surface area (Å²) in [5.74, 6) is 0.602. The first-order chi connectivity index (χ1) is 9.29. The average molecular weight is 248 g/mol. The standard InChI is InChI=1S/C15H12N4/c1-19-9-5-4-8-14(19)11(10-16)15-17-12-6-2-3-7-13(12)18-15/h2-9H,1H3,(H,17,18). The Hall–Kier alpha value is -2.80. The van der Waals surface area contributed by atoms with Gasteiger partial charge >= 0.3 is 0 Å². The van der Waals surface area contributed by atoms with Crippen LogP contribution >= 0.6 is 0 Å². The molecule has 0 saturated carbocycles. The lowest BCUT2D eigenvalue weighted by atomic mass is 10.1. The molecule has 0 amide bonds. The number of nitrogens with one attached hydrogen (secondary N) is 1. The number of nitrogens with zero attached hydrogens (tertiary/aromatic N) is 3. The van der Waals surface area contributed by atoms with E-state index in [4.69, 9.17) is 0 Å². The summed E-state index contributed by atoms with van der Waals surface area (Å²) in [6.45, 7) is 0. The average Bonchev–Trinajstić information content (AvgIpc) is 2.85. The zero-order valence-electron chi connectivity index (χ0n) is 10.5. The number of aromatic amines is 1. The molecule has 1 aromatic carbocycles. The van der Waals surface area contributed by atoms with Gasteiger partial charge in [-0.15, -0.1) is 0 Å². The summed E-state index contributed by atoms with van der Waals surface area (Å²) >= 11 is 0. The van der Waals surface area contributed by atoms with E-state index in [-0.39, 0.29) is 0 Å². The number of allylic oxidation sites excluding steroid dienone is 4. The van der Waals surface area contributed by atoms with Crippen LogP contribution in [0.5, 0.6) is 0 Å². The van der Waals surface area contributed by atoms with E-state index in [1.165, 1.54) is 0 Å². The minimum absolute atomic E-state index is 0.541. The van der Waals surface area contributed by atoms with Gasteiger partial charge in [-0.3, -0.25) is 0 Å². The van der Waals surface area contributed by atoms with Gasteiger partial charge in [0.25, 0.3) is 0 Å². The summed E-state index contributed by atoms with van der Waals surface area (Å²) in [7, 11) is 1.91. The van der Waals surface area contributed by atoms with Crippen LogP contribution in [0.25, 0.3) is 16.6 Å². The number of nitriles is 1. The van der Waals surface area contributed by atoms with E-state index in [0.717, 1.165) is 16.7 Å². The maximum atomic E-state index is 9.42. The molecule has 0 bridgehead atoms. The van der Waals surface area contributed by atoms with E-state index >= 15 is 0 Å². The van der Waals surface area contributed by atoms with Crippen molar-refractivity contribution in [2.75, 3.05) is 7.05 Å². The molecule has 4 heteroatoms. The largest absolute Gasteiger partial charge is 0.350 e. The van der Waals surface area contributed by atoms with E-state index in [9.17, 15) is 5.26 Å². The SMILES string of the molecule is CN1C=CC=CC1=C(C#N)c1nc2ccccc2[nH]1. The van der Waals surface area contributed by atoms with E-state index in [2.05, 4.69) is 16.0 Å². The Morgan fingerprint density at radius 3 is 2.89 bits per heavy atom. The normalized spacial score (nSPS) is 16.7. The highest BCUT2D eigenvalue weighted by Gasteiger charge is 2.14. The molecule has 1 N–H and O–H groups in total. The number of para-hydroxylation sites is 2. The van der Waals surface area contributed by atoms with Gasteiger partial charge in [0, 0.05) is 13.2 Å². The van der Waals surface area contributed by atoms with E-state index in [1.54, 1.807) is 0 Å². The van der Waals surface area contributed by atoms with Crippen molar-refractivity contribution in [1.29, 1.82) is 5.26 Å².